The molecule has 2 unspecified atom stereocenters. The third-order valence-electron chi connectivity index (χ3n) is 6.30. The maximum atomic E-state index is 13.2. The van der Waals surface area contributed by atoms with Crippen LogP contribution in [0.2, 0.25) is 4.34 Å². The molecule has 0 aromatic carbocycles. The second-order valence-corrected chi connectivity index (χ2v) is 11.6. The molecule has 17 heteroatoms. The fraction of sp³-hybridized carbons (Fsp3) is 0.304. The van der Waals surface area contributed by atoms with Gasteiger partial charge in [0.25, 0.3) is 11.8 Å². The van der Waals surface area contributed by atoms with Gasteiger partial charge in [-0.25, -0.2) is 14.3 Å². The summed E-state index contributed by atoms with van der Waals surface area (Å²) in [4.78, 5) is 64.4. The number of fused-ring (bicyclic) bond motifs is 2. The van der Waals surface area contributed by atoms with Gasteiger partial charge in [0, 0.05) is 18.4 Å². The van der Waals surface area contributed by atoms with E-state index in [0.717, 1.165) is 28.1 Å². The third-order valence-corrected chi connectivity index (χ3v) is 8.72. The summed E-state index contributed by atoms with van der Waals surface area (Å²) >= 11 is 8.43. The monoisotopic (exact) mass is 605 g/mol. The molecule has 3 aromatic heterocycles. The molecule has 0 bridgehead atoms. The molecule has 5 heterocycles. The summed E-state index contributed by atoms with van der Waals surface area (Å²) in [5.41, 5.74) is 7.77. The number of thioether (sulfide) groups is 1. The molecule has 3 atom stereocenters. The quantitative estimate of drug-likeness (QED) is 0.101. The highest BCUT2D eigenvalue weighted by atomic mass is 35.5. The Morgan fingerprint density at radius 1 is 1.48 bits per heavy atom. The number of aliphatic carboxylic acids is 1. The third kappa shape index (κ3) is 4.89. The number of aldehydes is 1. The van der Waals surface area contributed by atoms with E-state index >= 15 is 0 Å². The number of nitrogens with two attached hydrogens (primary N) is 1. The minimum absolute atomic E-state index is 0.0304. The van der Waals surface area contributed by atoms with E-state index in [0.29, 0.717) is 18.6 Å². The number of aryl methyl sites for hydroxylation is 1. The van der Waals surface area contributed by atoms with Crippen LogP contribution in [0.1, 0.15) is 12.6 Å². The molecule has 1 saturated heterocycles. The van der Waals surface area contributed by atoms with E-state index in [1.807, 2.05) is 34.5 Å². The number of carbonyl (C=O) groups is 4. The first kappa shape index (κ1) is 27.5. The van der Waals surface area contributed by atoms with Crippen molar-refractivity contribution in [1.82, 2.24) is 24.8 Å². The normalized spacial score (nSPS) is 19.7. The van der Waals surface area contributed by atoms with Crippen LogP contribution in [0.5, 0.6) is 0 Å². The number of hydrogen-bond donors (Lipinski definition) is 3. The smallest absolute Gasteiger partial charge is 0.348 e. The van der Waals surface area contributed by atoms with Gasteiger partial charge in [-0.15, -0.1) is 11.8 Å². The van der Waals surface area contributed by atoms with E-state index in [4.69, 9.17) is 27.3 Å². The van der Waals surface area contributed by atoms with Crippen LogP contribution >= 0.6 is 34.7 Å². The van der Waals surface area contributed by atoms with Crippen molar-refractivity contribution in [2.45, 2.75) is 31.0 Å². The van der Waals surface area contributed by atoms with E-state index in [1.165, 1.54) is 23.6 Å². The van der Waals surface area contributed by atoms with E-state index in [1.54, 1.807) is 6.33 Å². The second-order valence-electron chi connectivity index (χ2n) is 8.87. The van der Waals surface area contributed by atoms with E-state index in [2.05, 4.69) is 20.4 Å². The molecular weight excluding hydrogens is 584 g/mol. The number of carbonyl (C=O) groups excluding carboxylic acids is 3. The number of β-lactam (4-membered cyclic amide) rings is 1. The number of oxime groups is 1. The maximum Gasteiger partial charge on any atom is 0.348 e. The van der Waals surface area contributed by atoms with Crippen molar-refractivity contribution in [2.24, 2.45) is 12.2 Å². The van der Waals surface area contributed by atoms with Crippen molar-refractivity contribution in [3.05, 3.63) is 46.0 Å². The average molecular weight is 606 g/mol. The molecule has 0 saturated carbocycles. The van der Waals surface area contributed by atoms with Crippen molar-refractivity contribution in [2.75, 3.05) is 11.5 Å². The van der Waals surface area contributed by atoms with Crippen molar-refractivity contribution in [3.63, 3.8) is 0 Å². The SMILES string of the molecule is C[C@H](O/N=C(\C(=O)NC1C(=O)N2C(C=O)=C(C[n+]3cccc4c3ncn4C)CSC12)c1nc(N)sc1Cl)C(=O)O. The Morgan fingerprint density at radius 2 is 2.25 bits per heavy atom. The molecule has 2 aliphatic heterocycles. The molecule has 5 rings (SSSR count). The number of pyridine rings is 1. The lowest BCUT2D eigenvalue weighted by molar-refractivity contribution is -0.664. The number of allylic oxidation sites excluding steroid dienone is 1. The molecule has 1 fully saturated rings. The molecule has 14 nitrogen and oxygen atoms in total. The molecule has 0 radical (unpaired) electrons. The van der Waals surface area contributed by atoms with Gasteiger partial charge in [-0.2, -0.15) is 0 Å². The second kappa shape index (κ2) is 10.9. The van der Waals surface area contributed by atoms with Gasteiger partial charge < -0.3 is 25.6 Å². The van der Waals surface area contributed by atoms with Crippen LogP contribution in [0.15, 0.2) is 41.1 Å². The molecule has 2 amide bonds. The fourth-order valence-corrected chi connectivity index (χ4v) is 6.53. The van der Waals surface area contributed by atoms with Crippen LogP contribution < -0.4 is 15.6 Å². The predicted octanol–water partition coefficient (Wildman–Crippen LogP) is 0.300. The minimum atomic E-state index is -1.37. The van der Waals surface area contributed by atoms with Gasteiger partial charge in [-0.1, -0.05) is 28.1 Å². The molecule has 208 valence electrons. The lowest BCUT2D eigenvalue weighted by Gasteiger charge is -2.49. The maximum absolute atomic E-state index is 13.2. The van der Waals surface area contributed by atoms with Gasteiger partial charge in [0.15, 0.2) is 17.1 Å². The predicted molar refractivity (Wildman–Crippen MR) is 145 cm³/mol. The van der Waals surface area contributed by atoms with Crippen molar-refractivity contribution >= 4 is 80.8 Å². The number of carboxylic acid groups (broad SMARTS) is 1. The van der Waals surface area contributed by atoms with Crippen LogP contribution in [0.25, 0.3) is 11.2 Å². The van der Waals surface area contributed by atoms with Gasteiger partial charge in [-0.05, 0) is 24.0 Å². The van der Waals surface area contributed by atoms with Crippen LogP contribution in [0.3, 0.4) is 0 Å². The zero-order valence-electron chi connectivity index (χ0n) is 21.0. The molecular formula is C23H22ClN8O6S2+. The van der Waals surface area contributed by atoms with Crippen LogP contribution in [0, 0.1) is 0 Å². The molecule has 3 aromatic rings. The Balaban J connectivity index is 1.36. The summed E-state index contributed by atoms with van der Waals surface area (Å²) in [5.74, 6) is -2.24. The standard InChI is InChI=1S/C23H21ClN8O6S2/c1-10(22(36)37)38-29-15(14-17(24)40-23(25)28-14)19(34)27-16-20(35)32-13(7-33)11(8-39-21(16)32)6-31-5-3-4-12-18(31)26-9-30(12)2/h3-5,7,9-10,16,21H,6,8H2,1-2H3,(H3-,25,27,28,34,36,37)/p+1/b29-15-/t10-,16?,21?/m0/s1. The molecule has 2 aliphatic rings. The summed E-state index contributed by atoms with van der Waals surface area (Å²) in [6, 6.07) is 2.83. The number of aromatic nitrogens is 4. The highest BCUT2D eigenvalue weighted by Gasteiger charge is 2.53. The molecule has 4 N–H and O–H groups in total. The number of halogens is 1. The van der Waals surface area contributed by atoms with Crippen LogP contribution in [0.4, 0.5) is 5.13 Å². The van der Waals surface area contributed by atoms with E-state index < -0.39 is 41.0 Å². The summed E-state index contributed by atoms with van der Waals surface area (Å²) < 4.78 is 3.82. The lowest BCUT2D eigenvalue weighted by Crippen LogP contribution is -2.70. The van der Waals surface area contributed by atoms with Gasteiger partial charge in [0.05, 0.1) is 11.9 Å². The molecule has 0 spiro atoms. The molecule has 0 aliphatic carbocycles. The Labute approximate surface area is 239 Å². The number of nitrogens with zero attached hydrogens (tertiary/aromatic N) is 6. The highest BCUT2D eigenvalue weighted by molar-refractivity contribution is 8.00. The number of nitrogens with one attached hydrogen (secondary N) is 1. The van der Waals surface area contributed by atoms with E-state index in [9.17, 15) is 19.2 Å². The lowest BCUT2D eigenvalue weighted by atomic mass is 10.0. The number of anilines is 1. The van der Waals surface area contributed by atoms with Crippen LogP contribution in [-0.2, 0) is 37.6 Å². The number of nitrogen functional groups attached to an aromatic ring is 1. The van der Waals surface area contributed by atoms with Crippen molar-refractivity contribution < 1.29 is 33.7 Å². The first-order chi connectivity index (χ1) is 19.1. The highest BCUT2D eigenvalue weighted by Crippen LogP contribution is 2.39. The van der Waals surface area contributed by atoms with Crippen molar-refractivity contribution in [3.8, 4) is 0 Å². The number of thiazole rings is 1. The zero-order chi connectivity index (χ0) is 28.7. The van der Waals surface area contributed by atoms with Gasteiger partial charge in [0.1, 0.15) is 33.5 Å². The number of hydrogen-bond acceptors (Lipinski definition) is 11. The van der Waals surface area contributed by atoms with Gasteiger partial charge >= 0.3 is 11.6 Å². The average Bonchev–Trinajstić information content (AvgIpc) is 3.47. The first-order valence-corrected chi connectivity index (χ1v) is 14.0. The number of rotatable bonds is 9. The zero-order valence-corrected chi connectivity index (χ0v) is 23.4. The van der Waals surface area contributed by atoms with E-state index in [-0.39, 0.29) is 20.9 Å². The first-order valence-electron chi connectivity index (χ1n) is 11.7. The summed E-state index contributed by atoms with van der Waals surface area (Å²) in [7, 11) is 1.89. The number of amides is 2. The van der Waals surface area contributed by atoms with Crippen LogP contribution in [-0.4, -0.2) is 77.6 Å². The minimum Gasteiger partial charge on any atom is -0.478 e. The van der Waals surface area contributed by atoms with Crippen molar-refractivity contribution in [1.29, 1.82) is 0 Å². The Hall–Kier alpha value is -4.02. The Morgan fingerprint density at radius 3 is 2.92 bits per heavy atom. The molecule has 40 heavy (non-hydrogen) atoms. The fourth-order valence-electron chi connectivity index (χ4n) is 4.25. The van der Waals surface area contributed by atoms with Gasteiger partial charge in [0.2, 0.25) is 12.4 Å². The summed E-state index contributed by atoms with van der Waals surface area (Å²) in [6.07, 6.45) is 2.82. The number of carboxylic acids is 1. The van der Waals surface area contributed by atoms with Gasteiger partial charge in [-0.3, -0.25) is 19.3 Å². The summed E-state index contributed by atoms with van der Waals surface area (Å²) in [6.45, 7) is 1.57. The Kier molecular flexibility index (Phi) is 7.48. The Bertz CT molecular complexity index is 1620. The summed E-state index contributed by atoms with van der Waals surface area (Å²) in [5, 5.41) is 14.8. The topological polar surface area (TPSA) is 186 Å². The largest absolute Gasteiger partial charge is 0.478 e. The number of imidazole rings is 1.